The zero-order chi connectivity index (χ0) is 17.4. The van der Waals surface area contributed by atoms with Gasteiger partial charge in [0.05, 0.1) is 0 Å². The molecule has 0 radical (unpaired) electrons. The minimum atomic E-state index is 0.0327. The summed E-state index contributed by atoms with van der Waals surface area (Å²) in [6.45, 7) is 6.43. The molecule has 2 aromatic rings. The van der Waals surface area contributed by atoms with E-state index >= 15 is 0 Å². The molecule has 2 aromatic heterocycles. The van der Waals surface area contributed by atoms with E-state index in [1.54, 1.807) is 4.68 Å². The van der Waals surface area contributed by atoms with E-state index < -0.39 is 0 Å². The number of aromatic nitrogens is 5. The SMILES string of the molecule is CCCc1nc(C2CN(C(=O)c3ccn(CC)n3)CC23CCC3)n[nH]1. The molecule has 0 aromatic carbocycles. The van der Waals surface area contributed by atoms with Gasteiger partial charge < -0.3 is 4.90 Å². The summed E-state index contributed by atoms with van der Waals surface area (Å²) in [5.74, 6) is 2.11. The highest BCUT2D eigenvalue weighted by Gasteiger charge is 2.53. The van der Waals surface area contributed by atoms with Gasteiger partial charge >= 0.3 is 0 Å². The number of likely N-dealkylation sites (tertiary alicyclic amines) is 1. The Morgan fingerprint density at radius 1 is 1.40 bits per heavy atom. The maximum atomic E-state index is 12.9. The maximum Gasteiger partial charge on any atom is 0.274 e. The average molecular weight is 342 g/mol. The third kappa shape index (κ3) is 2.75. The zero-order valence-electron chi connectivity index (χ0n) is 15.0. The molecule has 1 aliphatic carbocycles. The van der Waals surface area contributed by atoms with Crippen molar-refractivity contribution in [1.29, 1.82) is 0 Å². The molecule has 7 nitrogen and oxygen atoms in total. The van der Waals surface area contributed by atoms with E-state index in [2.05, 4.69) is 22.2 Å². The van der Waals surface area contributed by atoms with Crippen LogP contribution in [0.1, 0.15) is 67.6 Å². The van der Waals surface area contributed by atoms with Crippen LogP contribution < -0.4 is 0 Å². The van der Waals surface area contributed by atoms with Crippen LogP contribution in [0.5, 0.6) is 0 Å². The first-order valence-electron chi connectivity index (χ1n) is 9.39. The van der Waals surface area contributed by atoms with Crippen LogP contribution in [0.15, 0.2) is 12.3 Å². The normalized spacial score (nSPS) is 21.7. The molecule has 7 heteroatoms. The fraction of sp³-hybridized carbons (Fsp3) is 0.667. The molecule has 1 unspecified atom stereocenters. The number of hydrogen-bond donors (Lipinski definition) is 1. The molecule has 3 heterocycles. The number of carbonyl (C=O) groups is 1. The molecule has 1 spiro atoms. The quantitative estimate of drug-likeness (QED) is 0.905. The number of nitrogens with one attached hydrogen (secondary N) is 1. The van der Waals surface area contributed by atoms with Crippen LogP contribution in [0.3, 0.4) is 0 Å². The van der Waals surface area contributed by atoms with E-state index in [1.165, 1.54) is 6.42 Å². The largest absolute Gasteiger partial charge is 0.336 e. The minimum absolute atomic E-state index is 0.0327. The van der Waals surface area contributed by atoms with Crippen molar-refractivity contribution in [3.8, 4) is 0 Å². The van der Waals surface area contributed by atoms with Crippen molar-refractivity contribution in [3.05, 3.63) is 29.6 Å². The van der Waals surface area contributed by atoms with Crippen molar-refractivity contribution in [2.75, 3.05) is 13.1 Å². The van der Waals surface area contributed by atoms with Crippen LogP contribution in [-0.4, -0.2) is 48.9 Å². The van der Waals surface area contributed by atoms with Gasteiger partial charge in [-0.3, -0.25) is 14.6 Å². The Morgan fingerprint density at radius 3 is 2.88 bits per heavy atom. The Bertz CT molecular complexity index is 759. The summed E-state index contributed by atoms with van der Waals surface area (Å²) in [5.41, 5.74) is 0.702. The summed E-state index contributed by atoms with van der Waals surface area (Å²) in [4.78, 5) is 19.6. The van der Waals surface area contributed by atoms with E-state index in [0.29, 0.717) is 12.2 Å². The summed E-state index contributed by atoms with van der Waals surface area (Å²) in [5, 5.41) is 11.9. The van der Waals surface area contributed by atoms with Gasteiger partial charge in [0.25, 0.3) is 5.91 Å². The fourth-order valence-electron chi connectivity index (χ4n) is 4.24. The van der Waals surface area contributed by atoms with Crippen molar-refractivity contribution in [2.45, 2.75) is 58.4 Å². The Labute approximate surface area is 147 Å². The predicted octanol–water partition coefficient (Wildman–Crippen LogP) is 2.38. The molecule has 0 bridgehead atoms. The predicted molar refractivity (Wildman–Crippen MR) is 93.2 cm³/mol. The second kappa shape index (κ2) is 6.28. The topological polar surface area (TPSA) is 79.7 Å². The summed E-state index contributed by atoms with van der Waals surface area (Å²) in [6, 6.07) is 1.82. The first-order valence-corrected chi connectivity index (χ1v) is 9.39. The first kappa shape index (κ1) is 16.3. The van der Waals surface area contributed by atoms with Crippen LogP contribution >= 0.6 is 0 Å². The summed E-state index contributed by atoms with van der Waals surface area (Å²) in [6.07, 6.45) is 7.38. The smallest absolute Gasteiger partial charge is 0.274 e. The zero-order valence-corrected chi connectivity index (χ0v) is 15.0. The van der Waals surface area contributed by atoms with Gasteiger partial charge in [-0.2, -0.15) is 10.2 Å². The van der Waals surface area contributed by atoms with Gasteiger partial charge in [-0.1, -0.05) is 13.3 Å². The number of H-pyrrole nitrogens is 1. The molecule has 1 atom stereocenters. The molecule has 4 rings (SSSR count). The lowest BCUT2D eigenvalue weighted by atomic mass is 9.62. The molecule has 1 amide bonds. The van der Waals surface area contributed by atoms with Crippen molar-refractivity contribution in [1.82, 2.24) is 29.9 Å². The molecule has 1 saturated heterocycles. The molecular formula is C18H26N6O. The fourth-order valence-corrected chi connectivity index (χ4v) is 4.24. The highest BCUT2D eigenvalue weighted by atomic mass is 16.2. The molecule has 1 N–H and O–H groups in total. The maximum absolute atomic E-state index is 12.9. The van der Waals surface area contributed by atoms with Crippen LogP contribution in [0.25, 0.3) is 0 Å². The van der Waals surface area contributed by atoms with Crippen molar-refractivity contribution >= 4 is 5.91 Å². The monoisotopic (exact) mass is 342 g/mol. The van der Waals surface area contributed by atoms with Crippen molar-refractivity contribution in [2.24, 2.45) is 5.41 Å². The highest BCUT2D eigenvalue weighted by molar-refractivity contribution is 5.92. The second-order valence-electron chi connectivity index (χ2n) is 7.40. The number of nitrogens with zero attached hydrogens (tertiary/aromatic N) is 5. The van der Waals surface area contributed by atoms with Gasteiger partial charge in [-0.25, -0.2) is 4.98 Å². The Hall–Kier alpha value is -2.18. The summed E-state index contributed by atoms with van der Waals surface area (Å²) in [7, 11) is 0. The number of aromatic amines is 1. The van der Waals surface area contributed by atoms with Gasteiger partial charge in [-0.15, -0.1) is 0 Å². The third-order valence-corrected chi connectivity index (χ3v) is 5.82. The average Bonchev–Trinajstić information content (AvgIpc) is 3.30. The van der Waals surface area contributed by atoms with Gasteiger partial charge in [0.1, 0.15) is 11.5 Å². The molecular weight excluding hydrogens is 316 g/mol. The number of carbonyl (C=O) groups excluding carboxylic acids is 1. The number of rotatable bonds is 5. The lowest BCUT2D eigenvalue weighted by Gasteiger charge is -2.41. The Balaban J connectivity index is 1.55. The Morgan fingerprint density at radius 2 is 2.24 bits per heavy atom. The van der Waals surface area contributed by atoms with Crippen molar-refractivity contribution in [3.63, 3.8) is 0 Å². The van der Waals surface area contributed by atoms with Crippen LogP contribution in [0.4, 0.5) is 0 Å². The number of aryl methyl sites for hydroxylation is 2. The Kier molecular flexibility index (Phi) is 4.09. The third-order valence-electron chi connectivity index (χ3n) is 5.82. The highest BCUT2D eigenvalue weighted by Crippen LogP contribution is 2.55. The summed E-state index contributed by atoms with van der Waals surface area (Å²) >= 11 is 0. The lowest BCUT2D eigenvalue weighted by Crippen LogP contribution is -2.38. The van der Waals surface area contributed by atoms with Crippen LogP contribution in [0.2, 0.25) is 0 Å². The lowest BCUT2D eigenvalue weighted by molar-refractivity contribution is 0.0717. The van der Waals surface area contributed by atoms with Gasteiger partial charge in [0.2, 0.25) is 0 Å². The molecule has 1 aliphatic heterocycles. The van der Waals surface area contributed by atoms with E-state index in [4.69, 9.17) is 4.98 Å². The molecule has 25 heavy (non-hydrogen) atoms. The van der Waals surface area contributed by atoms with Gasteiger partial charge in [0.15, 0.2) is 5.82 Å². The van der Waals surface area contributed by atoms with E-state index in [-0.39, 0.29) is 17.2 Å². The van der Waals surface area contributed by atoms with Gasteiger partial charge in [-0.05, 0) is 37.7 Å². The second-order valence-corrected chi connectivity index (χ2v) is 7.40. The standard InChI is InChI=1S/C18H26N6O/c1-3-6-15-19-16(21-20-15)13-11-23(12-18(13)8-5-9-18)17(25)14-7-10-24(4-2)22-14/h7,10,13H,3-6,8-9,11-12H2,1-2H3,(H,19,20,21). The van der Waals surface area contributed by atoms with Crippen molar-refractivity contribution < 1.29 is 4.79 Å². The molecule has 134 valence electrons. The van der Waals surface area contributed by atoms with Gasteiger partial charge in [0, 0.05) is 38.2 Å². The minimum Gasteiger partial charge on any atom is -0.336 e. The van der Waals surface area contributed by atoms with E-state index in [1.807, 2.05) is 24.1 Å². The van der Waals surface area contributed by atoms with Crippen LogP contribution in [0, 0.1) is 5.41 Å². The van der Waals surface area contributed by atoms with E-state index in [9.17, 15) is 4.79 Å². The van der Waals surface area contributed by atoms with E-state index in [0.717, 1.165) is 50.4 Å². The van der Waals surface area contributed by atoms with Crippen LogP contribution in [-0.2, 0) is 13.0 Å². The number of hydrogen-bond acceptors (Lipinski definition) is 4. The number of amides is 1. The first-order chi connectivity index (χ1) is 12.1. The molecule has 2 fully saturated rings. The molecule has 2 aliphatic rings. The summed E-state index contributed by atoms with van der Waals surface area (Å²) < 4.78 is 1.80. The molecule has 1 saturated carbocycles.